The Balaban J connectivity index is 1.66. The second-order valence-corrected chi connectivity index (χ2v) is 6.49. The molecule has 0 atom stereocenters. The van der Waals surface area contributed by atoms with Gasteiger partial charge in [-0.3, -0.25) is 4.79 Å². The number of amides is 1. The van der Waals surface area contributed by atoms with Crippen LogP contribution in [0.3, 0.4) is 0 Å². The quantitative estimate of drug-likeness (QED) is 0.519. The first-order chi connectivity index (χ1) is 12.5. The van der Waals surface area contributed by atoms with Crippen molar-refractivity contribution in [1.29, 1.82) is 0 Å². The first-order valence-corrected chi connectivity index (χ1v) is 8.63. The Kier molecular flexibility index (Phi) is 5.43. The fourth-order valence-electron chi connectivity index (χ4n) is 2.58. The third-order valence-corrected chi connectivity index (χ3v) is 4.55. The average Bonchev–Trinajstić information content (AvgIpc) is 2.65. The monoisotopic (exact) mass is 409 g/mol. The lowest BCUT2D eigenvalue weighted by atomic mass is 10.0. The number of hydrazone groups is 1. The number of hydrogen-bond acceptors (Lipinski definition) is 4. The van der Waals surface area contributed by atoms with E-state index in [9.17, 15) is 14.7 Å². The molecule has 3 aromatic carbocycles. The highest BCUT2D eigenvalue weighted by atomic mass is 79.9. The van der Waals surface area contributed by atoms with E-state index in [0.717, 1.165) is 20.8 Å². The van der Waals surface area contributed by atoms with Crippen LogP contribution in [0.5, 0.6) is 0 Å². The molecule has 0 aliphatic carbocycles. The summed E-state index contributed by atoms with van der Waals surface area (Å²) in [5.74, 6) is -1.47. The molecule has 6 heteroatoms. The van der Waals surface area contributed by atoms with E-state index in [4.69, 9.17) is 0 Å². The van der Waals surface area contributed by atoms with E-state index in [1.54, 1.807) is 12.1 Å². The van der Waals surface area contributed by atoms with Crippen molar-refractivity contribution in [3.63, 3.8) is 0 Å². The Morgan fingerprint density at radius 1 is 1.00 bits per heavy atom. The molecule has 3 rings (SSSR count). The molecule has 0 saturated heterocycles. The summed E-state index contributed by atoms with van der Waals surface area (Å²) in [6.45, 7) is 0. The number of nitrogens with one attached hydrogen (secondary N) is 1. The van der Waals surface area contributed by atoms with Crippen LogP contribution in [0.2, 0.25) is 0 Å². The number of carboxylic acid groups (broad SMARTS) is 1. The van der Waals surface area contributed by atoms with Gasteiger partial charge in [0.05, 0.1) is 18.6 Å². The number of halogens is 1. The van der Waals surface area contributed by atoms with Gasteiger partial charge in [-0.2, -0.15) is 5.10 Å². The number of nitrogens with zero attached hydrogens (tertiary/aromatic N) is 1. The smallest absolute Gasteiger partial charge is 0.244 e. The highest BCUT2D eigenvalue weighted by molar-refractivity contribution is 9.10. The van der Waals surface area contributed by atoms with Crippen molar-refractivity contribution in [2.75, 3.05) is 0 Å². The van der Waals surface area contributed by atoms with Gasteiger partial charge in [-0.05, 0) is 33.5 Å². The van der Waals surface area contributed by atoms with Crippen molar-refractivity contribution in [1.82, 2.24) is 5.43 Å². The van der Waals surface area contributed by atoms with Gasteiger partial charge in [-0.1, -0.05) is 70.5 Å². The van der Waals surface area contributed by atoms with Gasteiger partial charge in [0, 0.05) is 4.47 Å². The van der Waals surface area contributed by atoms with Crippen molar-refractivity contribution >= 4 is 44.8 Å². The maximum atomic E-state index is 12.2. The number of carbonyl (C=O) groups excluding carboxylic acids is 2. The van der Waals surface area contributed by atoms with Gasteiger partial charge in [0.1, 0.15) is 0 Å². The van der Waals surface area contributed by atoms with Crippen LogP contribution in [0.1, 0.15) is 21.5 Å². The van der Waals surface area contributed by atoms with Crippen molar-refractivity contribution in [3.8, 4) is 0 Å². The second-order valence-electron chi connectivity index (χ2n) is 5.63. The number of benzene rings is 3. The zero-order chi connectivity index (χ0) is 18.5. The first kappa shape index (κ1) is 17.8. The molecule has 0 radical (unpaired) electrons. The number of fused-ring (bicyclic) bond motifs is 1. The molecular weight excluding hydrogens is 396 g/mol. The van der Waals surface area contributed by atoms with Crippen LogP contribution in [0.4, 0.5) is 0 Å². The SMILES string of the molecule is O=C(Cc1ccc(Br)c2ccccc12)NN=Cc1ccc(C(=O)[O-])cc1. The summed E-state index contributed by atoms with van der Waals surface area (Å²) in [5, 5.41) is 16.7. The van der Waals surface area contributed by atoms with Gasteiger partial charge in [0.25, 0.3) is 0 Å². The van der Waals surface area contributed by atoms with E-state index < -0.39 is 5.97 Å². The lowest BCUT2D eigenvalue weighted by molar-refractivity contribution is -0.255. The predicted molar refractivity (Wildman–Crippen MR) is 102 cm³/mol. The minimum Gasteiger partial charge on any atom is -0.545 e. The summed E-state index contributed by atoms with van der Waals surface area (Å²) in [6, 6.07) is 17.7. The molecule has 0 fully saturated rings. The van der Waals surface area contributed by atoms with Gasteiger partial charge in [-0.15, -0.1) is 0 Å². The molecule has 0 saturated carbocycles. The van der Waals surface area contributed by atoms with Crippen LogP contribution < -0.4 is 10.5 Å². The highest BCUT2D eigenvalue weighted by Crippen LogP contribution is 2.27. The largest absolute Gasteiger partial charge is 0.545 e. The normalized spacial score (nSPS) is 11.0. The van der Waals surface area contributed by atoms with Crippen molar-refractivity contribution in [2.45, 2.75) is 6.42 Å². The molecule has 5 nitrogen and oxygen atoms in total. The average molecular weight is 410 g/mol. The Morgan fingerprint density at radius 2 is 1.69 bits per heavy atom. The molecule has 0 unspecified atom stereocenters. The van der Waals surface area contributed by atoms with E-state index in [0.29, 0.717) is 5.56 Å². The summed E-state index contributed by atoms with van der Waals surface area (Å²) in [6.07, 6.45) is 1.66. The Hall–Kier alpha value is -2.99. The Bertz CT molecular complexity index is 998. The maximum Gasteiger partial charge on any atom is 0.244 e. The Morgan fingerprint density at radius 3 is 2.38 bits per heavy atom. The Labute approximate surface area is 158 Å². The van der Waals surface area contributed by atoms with Gasteiger partial charge in [0.2, 0.25) is 5.91 Å². The molecule has 130 valence electrons. The molecule has 0 aliphatic heterocycles. The zero-order valence-corrected chi connectivity index (χ0v) is 15.2. The first-order valence-electron chi connectivity index (χ1n) is 7.84. The van der Waals surface area contributed by atoms with E-state index >= 15 is 0 Å². The van der Waals surface area contributed by atoms with Gasteiger partial charge < -0.3 is 9.90 Å². The van der Waals surface area contributed by atoms with Crippen molar-refractivity contribution in [3.05, 3.63) is 81.8 Å². The fourth-order valence-corrected chi connectivity index (χ4v) is 3.05. The summed E-state index contributed by atoms with van der Waals surface area (Å²) < 4.78 is 0.982. The fraction of sp³-hybridized carbons (Fsp3) is 0.0500. The summed E-state index contributed by atoms with van der Waals surface area (Å²) in [7, 11) is 0. The number of carbonyl (C=O) groups is 2. The van der Waals surface area contributed by atoms with Crippen molar-refractivity contribution < 1.29 is 14.7 Å². The lowest BCUT2D eigenvalue weighted by Gasteiger charge is -2.07. The topological polar surface area (TPSA) is 81.6 Å². The summed E-state index contributed by atoms with van der Waals surface area (Å²) in [4.78, 5) is 22.9. The number of rotatable bonds is 5. The minimum atomic E-state index is -1.23. The molecule has 0 spiro atoms. The summed E-state index contributed by atoms with van der Waals surface area (Å²) >= 11 is 3.51. The number of hydrogen-bond donors (Lipinski definition) is 1. The van der Waals surface area contributed by atoms with Crippen LogP contribution in [0, 0.1) is 0 Å². The third-order valence-electron chi connectivity index (χ3n) is 3.86. The second kappa shape index (κ2) is 7.93. The van der Waals surface area contributed by atoms with E-state index in [1.165, 1.54) is 18.3 Å². The molecule has 0 aliphatic rings. The molecule has 3 aromatic rings. The molecule has 26 heavy (non-hydrogen) atoms. The summed E-state index contributed by atoms with van der Waals surface area (Å²) in [5.41, 5.74) is 4.16. The number of carboxylic acids is 1. The van der Waals surface area contributed by atoms with Crippen LogP contribution >= 0.6 is 15.9 Å². The maximum absolute atomic E-state index is 12.2. The molecule has 0 heterocycles. The molecule has 1 amide bonds. The lowest BCUT2D eigenvalue weighted by Crippen LogP contribution is -2.22. The van der Waals surface area contributed by atoms with Gasteiger partial charge >= 0.3 is 0 Å². The van der Waals surface area contributed by atoms with E-state index in [1.807, 2.05) is 36.4 Å². The molecule has 0 aromatic heterocycles. The van der Waals surface area contributed by atoms with Gasteiger partial charge in [-0.25, -0.2) is 5.43 Å². The van der Waals surface area contributed by atoms with Crippen molar-refractivity contribution in [2.24, 2.45) is 5.10 Å². The van der Waals surface area contributed by atoms with E-state index in [2.05, 4.69) is 26.5 Å². The predicted octanol–water partition coefficient (Wildman–Crippen LogP) is 2.66. The van der Waals surface area contributed by atoms with Crippen LogP contribution in [-0.2, 0) is 11.2 Å². The standard InChI is InChI=1S/C20H15BrN2O3/c21-18-10-9-15(16-3-1-2-4-17(16)18)11-19(24)23-22-12-13-5-7-14(8-6-13)20(25)26/h1-10,12H,11H2,(H,23,24)(H,25,26)/p-1. The zero-order valence-electron chi connectivity index (χ0n) is 13.6. The van der Waals surface area contributed by atoms with Crippen LogP contribution in [-0.4, -0.2) is 18.1 Å². The third kappa shape index (κ3) is 4.15. The minimum absolute atomic E-state index is 0.0910. The number of aromatic carboxylic acids is 1. The van der Waals surface area contributed by atoms with E-state index in [-0.39, 0.29) is 17.9 Å². The molecule has 1 N–H and O–H groups in total. The van der Waals surface area contributed by atoms with Crippen LogP contribution in [0.15, 0.2) is 70.2 Å². The molecular formula is C20H14BrN2O3-. The highest BCUT2D eigenvalue weighted by Gasteiger charge is 2.08. The van der Waals surface area contributed by atoms with Crippen LogP contribution in [0.25, 0.3) is 10.8 Å². The van der Waals surface area contributed by atoms with Gasteiger partial charge in [0.15, 0.2) is 0 Å². The molecule has 0 bridgehead atoms.